The van der Waals surface area contributed by atoms with Crippen LogP contribution in [0.2, 0.25) is 5.02 Å². The van der Waals surface area contributed by atoms with Crippen LogP contribution in [-0.4, -0.2) is 15.1 Å². The minimum atomic E-state index is -0.508. The van der Waals surface area contributed by atoms with Crippen molar-refractivity contribution in [3.8, 4) is 11.1 Å². The van der Waals surface area contributed by atoms with Gasteiger partial charge in [0.1, 0.15) is 5.82 Å². The highest BCUT2D eigenvalue weighted by atomic mass is 35.5. The van der Waals surface area contributed by atoms with E-state index < -0.39 is 6.10 Å². The smallest absolute Gasteiger partial charge is 0.107 e. The van der Waals surface area contributed by atoms with Gasteiger partial charge in [0.25, 0.3) is 0 Å². The van der Waals surface area contributed by atoms with Gasteiger partial charge in [-0.2, -0.15) is 0 Å². The maximum atomic E-state index is 10.0. The quantitative estimate of drug-likeness (QED) is 0.467. The van der Waals surface area contributed by atoms with Crippen LogP contribution >= 0.6 is 11.6 Å². The van der Waals surface area contributed by atoms with Gasteiger partial charge in [0.2, 0.25) is 0 Å². The molecule has 3 nitrogen and oxygen atoms in total. The summed E-state index contributed by atoms with van der Waals surface area (Å²) in [6.45, 7) is 1.79. The Morgan fingerprint density at radius 3 is 2.56 bits per heavy atom. The van der Waals surface area contributed by atoms with Crippen LogP contribution in [0.15, 0.2) is 66.7 Å². The summed E-state index contributed by atoms with van der Waals surface area (Å²) in [4.78, 5) is 8.17. The highest BCUT2D eigenvalue weighted by Crippen LogP contribution is 2.30. The van der Waals surface area contributed by atoms with Crippen LogP contribution in [-0.2, 0) is 12.8 Å². The molecule has 0 saturated carbocycles. The molecule has 0 amide bonds. The maximum Gasteiger partial charge on any atom is 0.107 e. The van der Waals surface area contributed by atoms with Crippen LogP contribution in [0.4, 0.5) is 0 Å². The number of nitrogens with zero attached hydrogens (tertiary/aromatic N) is 1. The van der Waals surface area contributed by atoms with Gasteiger partial charge in [-0.3, -0.25) is 0 Å². The SMILES string of the molecule is CC(O)c1ccccc1-c1ccc2[nH]c(CCc3ccc(Cl)cc3)nc2c1. The normalized spacial score (nSPS) is 12.4. The summed E-state index contributed by atoms with van der Waals surface area (Å²) in [5.74, 6) is 0.973. The molecular formula is C23H21ClN2O. The molecule has 0 saturated heterocycles. The number of aryl methyl sites for hydroxylation is 2. The van der Waals surface area contributed by atoms with E-state index in [1.165, 1.54) is 5.56 Å². The number of aliphatic hydroxyl groups is 1. The first-order valence-electron chi connectivity index (χ1n) is 9.10. The second kappa shape index (κ2) is 7.55. The second-order valence-electron chi connectivity index (χ2n) is 6.81. The maximum absolute atomic E-state index is 10.0. The van der Waals surface area contributed by atoms with Gasteiger partial charge in [-0.15, -0.1) is 0 Å². The number of aliphatic hydroxyl groups excluding tert-OH is 1. The summed E-state index contributed by atoms with van der Waals surface area (Å²) in [5.41, 5.74) is 6.25. The molecule has 4 rings (SSSR count). The van der Waals surface area contributed by atoms with Gasteiger partial charge in [0.05, 0.1) is 17.1 Å². The van der Waals surface area contributed by atoms with Crippen LogP contribution in [0.1, 0.15) is 30.0 Å². The second-order valence-corrected chi connectivity index (χ2v) is 7.24. The highest BCUT2D eigenvalue weighted by Gasteiger charge is 2.11. The lowest BCUT2D eigenvalue weighted by molar-refractivity contribution is 0.200. The van der Waals surface area contributed by atoms with Crippen molar-refractivity contribution < 1.29 is 5.11 Å². The van der Waals surface area contributed by atoms with Gasteiger partial charge in [-0.1, -0.05) is 54.1 Å². The lowest BCUT2D eigenvalue weighted by Crippen LogP contribution is -1.94. The van der Waals surface area contributed by atoms with E-state index in [9.17, 15) is 5.11 Å². The molecule has 136 valence electrons. The third kappa shape index (κ3) is 3.90. The number of halogens is 1. The topological polar surface area (TPSA) is 48.9 Å². The number of fused-ring (bicyclic) bond motifs is 1. The van der Waals surface area contributed by atoms with Crippen molar-refractivity contribution in [1.82, 2.24) is 9.97 Å². The van der Waals surface area contributed by atoms with Gasteiger partial charge in [-0.25, -0.2) is 4.98 Å². The zero-order valence-corrected chi connectivity index (χ0v) is 15.9. The van der Waals surface area contributed by atoms with Crippen LogP contribution in [0.25, 0.3) is 22.2 Å². The highest BCUT2D eigenvalue weighted by molar-refractivity contribution is 6.30. The monoisotopic (exact) mass is 376 g/mol. The van der Waals surface area contributed by atoms with E-state index in [2.05, 4.69) is 35.3 Å². The summed E-state index contributed by atoms with van der Waals surface area (Å²) in [6.07, 6.45) is 1.25. The standard InChI is InChI=1S/C23H21ClN2O/c1-15(27)19-4-2-3-5-20(19)17-9-12-21-22(14-17)26-23(25-21)13-8-16-6-10-18(24)11-7-16/h2-7,9-12,14-15,27H,8,13H2,1H3,(H,25,26). The fourth-order valence-electron chi connectivity index (χ4n) is 3.38. The van der Waals surface area contributed by atoms with E-state index in [0.717, 1.165) is 51.4 Å². The van der Waals surface area contributed by atoms with Crippen LogP contribution < -0.4 is 0 Å². The van der Waals surface area contributed by atoms with E-state index >= 15 is 0 Å². The zero-order chi connectivity index (χ0) is 18.8. The molecule has 3 aromatic carbocycles. The van der Waals surface area contributed by atoms with Gasteiger partial charge < -0.3 is 10.1 Å². The largest absolute Gasteiger partial charge is 0.389 e. The van der Waals surface area contributed by atoms with E-state index in [1.54, 1.807) is 6.92 Å². The summed E-state index contributed by atoms with van der Waals surface area (Å²) >= 11 is 5.94. The molecule has 1 heterocycles. The molecular weight excluding hydrogens is 356 g/mol. The number of benzene rings is 3. The zero-order valence-electron chi connectivity index (χ0n) is 15.1. The first kappa shape index (κ1) is 17.8. The van der Waals surface area contributed by atoms with E-state index in [0.29, 0.717) is 0 Å². The Kier molecular flexibility index (Phi) is 4.97. The average Bonchev–Trinajstić information content (AvgIpc) is 3.09. The number of hydrogen-bond acceptors (Lipinski definition) is 2. The first-order chi connectivity index (χ1) is 13.1. The fourth-order valence-corrected chi connectivity index (χ4v) is 3.51. The molecule has 4 aromatic rings. The fraction of sp³-hybridized carbons (Fsp3) is 0.174. The molecule has 1 atom stereocenters. The molecule has 1 unspecified atom stereocenters. The van der Waals surface area contributed by atoms with Crippen LogP contribution in [0, 0.1) is 0 Å². The number of imidazole rings is 1. The summed E-state index contributed by atoms with van der Waals surface area (Å²) < 4.78 is 0. The van der Waals surface area contributed by atoms with Crippen LogP contribution in [0.3, 0.4) is 0 Å². The minimum absolute atomic E-state index is 0.508. The van der Waals surface area contributed by atoms with Crippen molar-refractivity contribution in [1.29, 1.82) is 0 Å². The van der Waals surface area contributed by atoms with Crippen molar-refractivity contribution in [2.45, 2.75) is 25.9 Å². The molecule has 27 heavy (non-hydrogen) atoms. The Balaban J connectivity index is 1.60. The summed E-state index contributed by atoms with van der Waals surface area (Å²) in [7, 11) is 0. The Morgan fingerprint density at radius 1 is 1.00 bits per heavy atom. The predicted molar refractivity (Wildman–Crippen MR) is 111 cm³/mol. The lowest BCUT2D eigenvalue weighted by atomic mass is 9.96. The molecule has 2 N–H and O–H groups in total. The van der Waals surface area contributed by atoms with Crippen molar-refractivity contribution in [3.63, 3.8) is 0 Å². The molecule has 0 bridgehead atoms. The van der Waals surface area contributed by atoms with E-state index in [-0.39, 0.29) is 0 Å². The Bertz CT molecular complexity index is 1070. The van der Waals surface area contributed by atoms with E-state index in [1.807, 2.05) is 36.4 Å². The Hall–Kier alpha value is -2.62. The Morgan fingerprint density at radius 2 is 1.78 bits per heavy atom. The average molecular weight is 377 g/mol. The minimum Gasteiger partial charge on any atom is -0.389 e. The molecule has 0 radical (unpaired) electrons. The molecule has 0 aliphatic rings. The molecule has 1 aromatic heterocycles. The van der Waals surface area contributed by atoms with Crippen molar-refractivity contribution in [2.24, 2.45) is 0 Å². The molecule has 0 aliphatic carbocycles. The van der Waals surface area contributed by atoms with Gasteiger partial charge in [-0.05, 0) is 59.9 Å². The number of hydrogen-bond donors (Lipinski definition) is 2. The molecule has 4 heteroatoms. The van der Waals surface area contributed by atoms with Gasteiger partial charge in [0, 0.05) is 11.4 Å². The summed E-state index contributed by atoms with van der Waals surface area (Å²) in [5, 5.41) is 10.8. The first-order valence-corrected chi connectivity index (χ1v) is 9.48. The predicted octanol–water partition coefficient (Wildman–Crippen LogP) is 5.72. The molecule has 0 aliphatic heterocycles. The Labute approximate surface area is 163 Å². The van der Waals surface area contributed by atoms with Crippen molar-refractivity contribution in [3.05, 3.63) is 88.7 Å². The van der Waals surface area contributed by atoms with Gasteiger partial charge in [0.15, 0.2) is 0 Å². The number of aromatic nitrogens is 2. The summed E-state index contributed by atoms with van der Waals surface area (Å²) in [6, 6.07) is 22.1. The number of aromatic amines is 1. The molecule has 0 fully saturated rings. The molecule has 0 spiro atoms. The number of nitrogens with one attached hydrogen (secondary N) is 1. The van der Waals surface area contributed by atoms with Gasteiger partial charge >= 0.3 is 0 Å². The van der Waals surface area contributed by atoms with E-state index in [4.69, 9.17) is 16.6 Å². The third-order valence-electron chi connectivity index (χ3n) is 4.82. The van der Waals surface area contributed by atoms with Crippen molar-refractivity contribution >= 4 is 22.6 Å². The number of H-pyrrole nitrogens is 1. The van der Waals surface area contributed by atoms with Crippen LogP contribution in [0.5, 0.6) is 0 Å². The van der Waals surface area contributed by atoms with Crippen molar-refractivity contribution in [2.75, 3.05) is 0 Å². The third-order valence-corrected chi connectivity index (χ3v) is 5.07. The lowest BCUT2D eigenvalue weighted by Gasteiger charge is -2.11. The number of rotatable bonds is 5.